The van der Waals surface area contributed by atoms with Gasteiger partial charge in [-0.3, -0.25) is 14.5 Å². The van der Waals surface area contributed by atoms with Crippen LogP contribution in [0.3, 0.4) is 0 Å². The molecule has 39 heavy (non-hydrogen) atoms. The molecule has 198 valence electrons. The smallest absolute Gasteiger partial charge is 0.332 e. The van der Waals surface area contributed by atoms with Crippen molar-refractivity contribution in [2.45, 2.75) is 32.4 Å². The zero-order valence-electron chi connectivity index (χ0n) is 22.1. The van der Waals surface area contributed by atoms with E-state index in [2.05, 4.69) is 10.3 Å². The highest BCUT2D eigenvalue weighted by atomic mass is 16.5. The third-order valence-electron chi connectivity index (χ3n) is 7.54. The number of hydrogen-bond donors (Lipinski definition) is 2. The minimum absolute atomic E-state index is 0.263. The van der Waals surface area contributed by atoms with Crippen molar-refractivity contribution in [1.82, 2.24) is 15.2 Å². The first-order chi connectivity index (χ1) is 18.9. The molecule has 6 rings (SSSR count). The number of ether oxygens (including phenoxy) is 1. The molecule has 1 unspecified atom stereocenters. The maximum absolute atomic E-state index is 14.2. The summed E-state index contributed by atoms with van der Waals surface area (Å²) >= 11 is 0. The predicted molar refractivity (Wildman–Crippen MR) is 149 cm³/mol. The number of aromatic nitrogens is 1. The molecule has 0 radical (unpaired) electrons. The van der Waals surface area contributed by atoms with E-state index in [4.69, 9.17) is 4.74 Å². The summed E-state index contributed by atoms with van der Waals surface area (Å²) in [7, 11) is 1.61. The Morgan fingerprint density at radius 1 is 1.03 bits per heavy atom. The Balaban J connectivity index is 1.46. The molecule has 2 aliphatic rings. The van der Waals surface area contributed by atoms with Crippen LogP contribution in [0.4, 0.5) is 10.5 Å². The van der Waals surface area contributed by atoms with Crippen molar-refractivity contribution in [3.8, 4) is 5.75 Å². The van der Waals surface area contributed by atoms with E-state index < -0.39 is 18.1 Å². The molecule has 3 heterocycles. The van der Waals surface area contributed by atoms with E-state index in [1.165, 1.54) is 4.90 Å². The predicted octanol–water partition coefficient (Wildman–Crippen LogP) is 5.05. The molecule has 4 aromatic rings. The lowest BCUT2D eigenvalue weighted by Crippen LogP contribution is -2.44. The number of urea groups is 1. The monoisotopic (exact) mass is 522 g/mol. The van der Waals surface area contributed by atoms with Crippen LogP contribution in [0, 0.1) is 5.92 Å². The summed E-state index contributed by atoms with van der Waals surface area (Å²) in [5.41, 5.74) is 4.34. The van der Waals surface area contributed by atoms with Gasteiger partial charge in [0.05, 0.1) is 18.4 Å². The van der Waals surface area contributed by atoms with Gasteiger partial charge in [-0.1, -0.05) is 56.3 Å². The van der Waals surface area contributed by atoms with Gasteiger partial charge in [0, 0.05) is 29.6 Å². The number of fused-ring (bicyclic) bond motifs is 4. The molecule has 4 amide bonds. The van der Waals surface area contributed by atoms with Crippen molar-refractivity contribution in [2.75, 3.05) is 18.6 Å². The third-order valence-corrected chi connectivity index (χ3v) is 7.54. The van der Waals surface area contributed by atoms with E-state index >= 15 is 0 Å². The van der Waals surface area contributed by atoms with Crippen LogP contribution in [-0.4, -0.2) is 47.4 Å². The fraction of sp³-hybridized carbons (Fsp3) is 0.258. The molecule has 0 spiro atoms. The number of anilines is 1. The number of hydrogen-bond acceptors (Lipinski definition) is 4. The SMILES string of the molecule is COc1ccc(C2c3[nH]c4ccccc4c3C[C@H]3C(=O)N(c4ccccc4C(=O)NCC(C)C)C(=O)N23)cc1. The molecule has 2 aliphatic heterocycles. The summed E-state index contributed by atoms with van der Waals surface area (Å²) in [6, 6.07) is 20.7. The van der Waals surface area contributed by atoms with Gasteiger partial charge in [0.25, 0.3) is 11.8 Å². The number of carbonyl (C=O) groups is 3. The van der Waals surface area contributed by atoms with Crippen molar-refractivity contribution in [3.63, 3.8) is 0 Å². The Morgan fingerprint density at radius 3 is 2.49 bits per heavy atom. The van der Waals surface area contributed by atoms with Crippen LogP contribution < -0.4 is 15.0 Å². The largest absolute Gasteiger partial charge is 0.497 e. The molecule has 2 N–H and O–H groups in total. The lowest BCUT2D eigenvalue weighted by molar-refractivity contribution is -0.120. The van der Waals surface area contributed by atoms with Crippen molar-refractivity contribution in [1.29, 1.82) is 0 Å². The van der Waals surface area contributed by atoms with E-state index in [9.17, 15) is 14.4 Å². The van der Waals surface area contributed by atoms with Gasteiger partial charge < -0.3 is 15.0 Å². The highest BCUT2D eigenvalue weighted by Gasteiger charge is 2.53. The first-order valence-corrected chi connectivity index (χ1v) is 13.2. The van der Waals surface area contributed by atoms with Gasteiger partial charge in [0.2, 0.25) is 0 Å². The number of nitrogens with one attached hydrogen (secondary N) is 2. The Hall–Kier alpha value is -4.59. The van der Waals surface area contributed by atoms with Crippen LogP contribution in [0.2, 0.25) is 0 Å². The zero-order chi connectivity index (χ0) is 27.3. The number of imide groups is 1. The first-order valence-electron chi connectivity index (χ1n) is 13.2. The van der Waals surface area contributed by atoms with E-state index in [-0.39, 0.29) is 17.7 Å². The van der Waals surface area contributed by atoms with Gasteiger partial charge in [0.15, 0.2) is 0 Å². The maximum atomic E-state index is 14.2. The molecule has 1 aromatic heterocycles. The molecular weight excluding hydrogens is 492 g/mol. The number of para-hydroxylation sites is 2. The van der Waals surface area contributed by atoms with Crippen molar-refractivity contribution in [3.05, 3.63) is 95.2 Å². The summed E-state index contributed by atoms with van der Waals surface area (Å²) in [6.45, 7) is 4.51. The quantitative estimate of drug-likeness (QED) is 0.347. The Kier molecular flexibility index (Phi) is 6.10. The standard InChI is InChI=1S/C31H30N4O4/c1-18(2)17-32-29(36)22-9-5-7-11-25(22)35-30(37)26-16-23-21-8-4-6-10-24(21)33-27(23)28(34(26)31(35)38)19-12-14-20(39-3)15-13-19/h4-15,18,26,28,33H,16-17H2,1-3H3,(H,32,36)/t26-,28?/m0/s1. The third kappa shape index (κ3) is 4.03. The van der Waals surface area contributed by atoms with Crippen LogP contribution >= 0.6 is 0 Å². The van der Waals surface area contributed by atoms with Gasteiger partial charge in [-0.15, -0.1) is 0 Å². The molecule has 1 saturated heterocycles. The Labute approximate surface area is 226 Å². The van der Waals surface area contributed by atoms with Crippen molar-refractivity contribution < 1.29 is 19.1 Å². The summed E-state index contributed by atoms with van der Waals surface area (Å²) in [5, 5.41) is 3.95. The Morgan fingerprint density at radius 2 is 1.74 bits per heavy atom. The maximum Gasteiger partial charge on any atom is 0.332 e. The number of aromatic amines is 1. The molecule has 1 fully saturated rings. The van der Waals surface area contributed by atoms with Gasteiger partial charge in [-0.05, 0) is 47.4 Å². The number of benzene rings is 3. The van der Waals surface area contributed by atoms with E-state index in [1.54, 1.807) is 36.3 Å². The average molecular weight is 523 g/mol. The van der Waals surface area contributed by atoms with Gasteiger partial charge in [-0.25, -0.2) is 9.69 Å². The van der Waals surface area contributed by atoms with E-state index in [0.717, 1.165) is 27.7 Å². The normalized spacial score (nSPS) is 18.5. The van der Waals surface area contributed by atoms with Crippen LogP contribution in [-0.2, 0) is 11.2 Å². The molecule has 2 atom stereocenters. The number of methoxy groups -OCH3 is 1. The number of amides is 4. The van der Waals surface area contributed by atoms with Crippen molar-refractivity contribution >= 4 is 34.4 Å². The number of nitrogens with zero attached hydrogens (tertiary/aromatic N) is 2. The fourth-order valence-corrected chi connectivity index (χ4v) is 5.68. The molecule has 0 bridgehead atoms. The molecule has 8 nitrogen and oxygen atoms in total. The molecule has 0 saturated carbocycles. The average Bonchev–Trinajstić information content (AvgIpc) is 3.44. The first kappa shape index (κ1) is 24.7. The second kappa shape index (κ2) is 9.62. The van der Waals surface area contributed by atoms with E-state index in [1.807, 2.05) is 62.4 Å². The second-order valence-corrected chi connectivity index (χ2v) is 10.4. The second-order valence-electron chi connectivity index (χ2n) is 10.4. The summed E-state index contributed by atoms with van der Waals surface area (Å²) in [5.74, 6) is 0.320. The van der Waals surface area contributed by atoms with Crippen LogP contribution in [0.25, 0.3) is 10.9 Å². The van der Waals surface area contributed by atoms with Crippen molar-refractivity contribution in [2.24, 2.45) is 5.92 Å². The number of H-pyrrole nitrogens is 1. The summed E-state index contributed by atoms with van der Waals surface area (Å²) < 4.78 is 5.36. The highest BCUT2D eigenvalue weighted by Crippen LogP contribution is 2.45. The molecule has 3 aromatic carbocycles. The highest BCUT2D eigenvalue weighted by molar-refractivity contribution is 6.24. The van der Waals surface area contributed by atoms with Gasteiger partial charge in [0.1, 0.15) is 17.8 Å². The molecular formula is C31H30N4O4. The number of carbonyl (C=O) groups excluding carboxylic acids is 3. The lowest BCUT2D eigenvalue weighted by atomic mass is 9.89. The van der Waals surface area contributed by atoms with E-state index in [0.29, 0.717) is 30.0 Å². The zero-order valence-corrected chi connectivity index (χ0v) is 22.1. The topological polar surface area (TPSA) is 94.7 Å². The van der Waals surface area contributed by atoms with Crippen LogP contribution in [0.5, 0.6) is 5.75 Å². The molecule has 0 aliphatic carbocycles. The summed E-state index contributed by atoms with van der Waals surface area (Å²) in [6.07, 6.45) is 0.384. The van der Waals surface area contributed by atoms with Crippen LogP contribution in [0.1, 0.15) is 47.1 Å². The lowest BCUT2D eigenvalue weighted by Gasteiger charge is -2.36. The number of rotatable bonds is 6. The van der Waals surface area contributed by atoms with Crippen LogP contribution in [0.15, 0.2) is 72.8 Å². The fourth-order valence-electron chi connectivity index (χ4n) is 5.68. The molecule has 8 heteroatoms. The van der Waals surface area contributed by atoms with Gasteiger partial charge >= 0.3 is 6.03 Å². The minimum atomic E-state index is -0.705. The summed E-state index contributed by atoms with van der Waals surface area (Å²) in [4.78, 5) is 47.7. The van der Waals surface area contributed by atoms with Gasteiger partial charge in [-0.2, -0.15) is 0 Å². The Bertz CT molecular complexity index is 1590. The minimum Gasteiger partial charge on any atom is -0.497 e.